The zero-order valence-electron chi connectivity index (χ0n) is 11.3. The summed E-state index contributed by atoms with van der Waals surface area (Å²) in [6.45, 7) is 1.24. The monoisotopic (exact) mass is 275 g/mol. The third-order valence-corrected chi connectivity index (χ3v) is 3.31. The summed E-state index contributed by atoms with van der Waals surface area (Å²) in [4.78, 5) is 12.2. The van der Waals surface area contributed by atoms with E-state index in [1.807, 2.05) is 0 Å². The van der Waals surface area contributed by atoms with Crippen LogP contribution in [0.15, 0.2) is 18.6 Å². The molecule has 20 heavy (non-hydrogen) atoms. The average molecular weight is 275 g/mol. The molecule has 0 saturated heterocycles. The molecule has 7 nitrogen and oxygen atoms in total. The number of methoxy groups -OCH3 is 1. The molecule has 0 radical (unpaired) electrons. The van der Waals surface area contributed by atoms with Crippen LogP contribution in [0.2, 0.25) is 0 Å². The Bertz CT molecular complexity index is 599. The molecular formula is C13H17N5O2. The number of aromatic amines is 1. The minimum absolute atomic E-state index is 0.146. The highest BCUT2D eigenvalue weighted by molar-refractivity contribution is 6.04. The number of ether oxygens (including phenoxy) is 1. The van der Waals surface area contributed by atoms with Gasteiger partial charge in [0.1, 0.15) is 0 Å². The first-order valence-electron chi connectivity index (χ1n) is 6.64. The van der Waals surface area contributed by atoms with Gasteiger partial charge < -0.3 is 10.1 Å². The molecule has 3 rings (SSSR count). The number of aromatic nitrogens is 4. The quantitative estimate of drug-likeness (QED) is 0.834. The van der Waals surface area contributed by atoms with Crippen molar-refractivity contribution in [2.45, 2.75) is 25.3 Å². The molecule has 2 aromatic rings. The predicted molar refractivity (Wildman–Crippen MR) is 72.6 cm³/mol. The Balaban J connectivity index is 1.66. The van der Waals surface area contributed by atoms with E-state index < -0.39 is 0 Å². The number of carbonyl (C=O) groups excluding carboxylic acids is 1. The number of nitrogens with zero attached hydrogens (tertiary/aromatic N) is 3. The van der Waals surface area contributed by atoms with Crippen LogP contribution < -0.4 is 5.32 Å². The van der Waals surface area contributed by atoms with Crippen LogP contribution in [0.5, 0.6) is 0 Å². The van der Waals surface area contributed by atoms with Gasteiger partial charge in [0.2, 0.25) is 0 Å². The lowest BCUT2D eigenvalue weighted by Gasteiger charge is -2.02. The molecule has 1 aliphatic rings. The molecule has 106 valence electrons. The fraction of sp³-hybridized carbons (Fsp3) is 0.462. The summed E-state index contributed by atoms with van der Waals surface area (Å²) in [6, 6.07) is 0. The number of rotatable bonds is 6. The molecule has 2 N–H and O–H groups in total. The van der Waals surface area contributed by atoms with Crippen molar-refractivity contribution < 1.29 is 9.53 Å². The fourth-order valence-electron chi connectivity index (χ4n) is 2.09. The van der Waals surface area contributed by atoms with E-state index in [0.29, 0.717) is 30.3 Å². The number of amides is 1. The molecule has 7 heteroatoms. The molecule has 1 aliphatic carbocycles. The molecule has 1 fully saturated rings. The van der Waals surface area contributed by atoms with Crippen LogP contribution in [-0.4, -0.2) is 39.6 Å². The van der Waals surface area contributed by atoms with Crippen LogP contribution in [-0.2, 0) is 11.3 Å². The molecule has 2 aromatic heterocycles. The second-order valence-corrected chi connectivity index (χ2v) is 4.91. The molecule has 0 aliphatic heterocycles. The lowest BCUT2D eigenvalue weighted by molar-refractivity contribution is 0.102. The largest absolute Gasteiger partial charge is 0.383 e. The van der Waals surface area contributed by atoms with Crippen LogP contribution in [0, 0.1) is 0 Å². The van der Waals surface area contributed by atoms with Gasteiger partial charge in [-0.25, -0.2) is 0 Å². The van der Waals surface area contributed by atoms with Gasteiger partial charge in [0.05, 0.1) is 42.5 Å². The lowest BCUT2D eigenvalue weighted by atomic mass is 10.1. The molecule has 1 amide bonds. The molecule has 0 spiro atoms. The van der Waals surface area contributed by atoms with E-state index in [4.69, 9.17) is 4.74 Å². The molecule has 0 bridgehead atoms. The van der Waals surface area contributed by atoms with Gasteiger partial charge in [-0.3, -0.25) is 14.6 Å². The minimum atomic E-state index is -0.146. The summed E-state index contributed by atoms with van der Waals surface area (Å²) in [6.07, 6.45) is 7.24. The summed E-state index contributed by atoms with van der Waals surface area (Å²) in [7, 11) is 1.64. The second-order valence-electron chi connectivity index (χ2n) is 4.91. The average Bonchev–Trinajstić information content (AvgIpc) is 3.01. The zero-order valence-corrected chi connectivity index (χ0v) is 11.3. The lowest BCUT2D eigenvalue weighted by Crippen LogP contribution is -2.12. The minimum Gasteiger partial charge on any atom is -0.383 e. The van der Waals surface area contributed by atoms with E-state index in [1.54, 1.807) is 30.4 Å². The Morgan fingerprint density at radius 3 is 3.15 bits per heavy atom. The maximum Gasteiger partial charge on any atom is 0.259 e. The van der Waals surface area contributed by atoms with Crippen molar-refractivity contribution in [3.63, 3.8) is 0 Å². The van der Waals surface area contributed by atoms with Crippen molar-refractivity contribution in [3.05, 3.63) is 29.8 Å². The maximum atomic E-state index is 12.2. The summed E-state index contributed by atoms with van der Waals surface area (Å²) >= 11 is 0. The smallest absolute Gasteiger partial charge is 0.259 e. The number of nitrogens with one attached hydrogen (secondary N) is 2. The van der Waals surface area contributed by atoms with E-state index in [1.165, 1.54) is 0 Å². The third kappa shape index (κ3) is 2.72. The summed E-state index contributed by atoms with van der Waals surface area (Å²) in [5.41, 5.74) is 2.24. The van der Waals surface area contributed by atoms with Crippen LogP contribution in [0.1, 0.15) is 34.8 Å². The molecule has 0 aromatic carbocycles. The summed E-state index contributed by atoms with van der Waals surface area (Å²) < 4.78 is 6.72. The van der Waals surface area contributed by atoms with E-state index in [2.05, 4.69) is 20.6 Å². The van der Waals surface area contributed by atoms with Crippen LogP contribution in [0.3, 0.4) is 0 Å². The Morgan fingerprint density at radius 1 is 1.55 bits per heavy atom. The van der Waals surface area contributed by atoms with Crippen molar-refractivity contribution in [1.82, 2.24) is 20.0 Å². The standard InChI is InChI=1S/C13H17N5O2/c1-20-5-4-18-8-10(6-15-18)16-13(19)11-7-14-17-12(11)9-2-3-9/h6-9H,2-5H2,1H3,(H,14,17)(H,16,19). The van der Waals surface area contributed by atoms with Gasteiger partial charge in [-0.1, -0.05) is 0 Å². The predicted octanol–water partition coefficient (Wildman–Crippen LogP) is 1.38. The summed E-state index contributed by atoms with van der Waals surface area (Å²) in [5.74, 6) is 0.314. The first-order chi connectivity index (χ1) is 9.78. The SMILES string of the molecule is COCCn1cc(NC(=O)c2cn[nH]c2C2CC2)cn1. The Hall–Kier alpha value is -2.15. The highest BCUT2D eigenvalue weighted by Crippen LogP contribution is 2.40. The first-order valence-corrected chi connectivity index (χ1v) is 6.64. The van der Waals surface area contributed by atoms with Crippen molar-refractivity contribution >= 4 is 11.6 Å². The Kier molecular flexibility index (Phi) is 3.51. The maximum absolute atomic E-state index is 12.2. The van der Waals surface area contributed by atoms with Crippen LogP contribution in [0.4, 0.5) is 5.69 Å². The van der Waals surface area contributed by atoms with E-state index >= 15 is 0 Å². The summed E-state index contributed by atoms with van der Waals surface area (Å²) in [5, 5.41) is 13.9. The molecule has 1 saturated carbocycles. The third-order valence-electron chi connectivity index (χ3n) is 3.31. The Labute approximate surface area is 116 Å². The van der Waals surface area contributed by atoms with Crippen molar-refractivity contribution in [1.29, 1.82) is 0 Å². The van der Waals surface area contributed by atoms with Gasteiger partial charge in [0.25, 0.3) is 5.91 Å². The number of hydrogen-bond donors (Lipinski definition) is 2. The fourth-order valence-corrected chi connectivity index (χ4v) is 2.09. The molecular weight excluding hydrogens is 258 g/mol. The van der Waals surface area contributed by atoms with E-state index in [9.17, 15) is 4.79 Å². The highest BCUT2D eigenvalue weighted by atomic mass is 16.5. The van der Waals surface area contributed by atoms with Crippen molar-refractivity contribution in [3.8, 4) is 0 Å². The highest BCUT2D eigenvalue weighted by Gasteiger charge is 2.29. The normalized spacial score (nSPS) is 14.4. The number of carbonyl (C=O) groups is 1. The Morgan fingerprint density at radius 2 is 2.40 bits per heavy atom. The molecule has 0 atom stereocenters. The van der Waals surface area contributed by atoms with Gasteiger partial charge >= 0.3 is 0 Å². The van der Waals surface area contributed by atoms with Gasteiger partial charge in [-0.05, 0) is 12.8 Å². The van der Waals surface area contributed by atoms with Gasteiger partial charge in [-0.15, -0.1) is 0 Å². The van der Waals surface area contributed by atoms with Gasteiger partial charge in [0.15, 0.2) is 0 Å². The van der Waals surface area contributed by atoms with E-state index in [0.717, 1.165) is 18.5 Å². The van der Waals surface area contributed by atoms with Gasteiger partial charge in [0, 0.05) is 19.2 Å². The first kappa shape index (κ1) is 12.9. The second kappa shape index (κ2) is 5.46. The zero-order chi connectivity index (χ0) is 13.9. The number of anilines is 1. The van der Waals surface area contributed by atoms with E-state index in [-0.39, 0.29) is 5.91 Å². The van der Waals surface area contributed by atoms with Crippen molar-refractivity contribution in [2.75, 3.05) is 19.0 Å². The van der Waals surface area contributed by atoms with Crippen LogP contribution in [0.25, 0.3) is 0 Å². The number of H-pyrrole nitrogens is 1. The van der Waals surface area contributed by atoms with Crippen LogP contribution >= 0.6 is 0 Å². The molecule has 2 heterocycles. The topological polar surface area (TPSA) is 84.8 Å². The van der Waals surface area contributed by atoms with Gasteiger partial charge in [-0.2, -0.15) is 10.2 Å². The molecule has 0 unspecified atom stereocenters. The number of hydrogen-bond acceptors (Lipinski definition) is 4. The van der Waals surface area contributed by atoms with Crippen molar-refractivity contribution in [2.24, 2.45) is 0 Å².